The van der Waals surface area contributed by atoms with Gasteiger partial charge in [0.25, 0.3) is 0 Å². The molecule has 0 aromatic carbocycles. The van der Waals surface area contributed by atoms with E-state index in [9.17, 15) is 4.79 Å². The summed E-state index contributed by atoms with van der Waals surface area (Å²) in [5.41, 5.74) is 7.64. The largest absolute Gasteiger partial charge is 0.472 e. The van der Waals surface area contributed by atoms with Gasteiger partial charge in [0.15, 0.2) is 5.65 Å². The van der Waals surface area contributed by atoms with E-state index in [1.807, 2.05) is 30.6 Å². The van der Waals surface area contributed by atoms with Gasteiger partial charge in [-0.15, -0.1) is 0 Å². The van der Waals surface area contributed by atoms with Gasteiger partial charge < -0.3 is 14.7 Å². The number of hydrogen-bond acceptors (Lipinski definition) is 6. The highest BCUT2D eigenvalue weighted by atomic mass is 16.3. The maximum atomic E-state index is 12.6. The lowest BCUT2D eigenvalue weighted by molar-refractivity contribution is -0.119. The molecule has 1 amide bonds. The van der Waals surface area contributed by atoms with Gasteiger partial charge in [0, 0.05) is 57.5 Å². The van der Waals surface area contributed by atoms with E-state index in [2.05, 4.69) is 41.5 Å². The van der Waals surface area contributed by atoms with Crippen molar-refractivity contribution in [3.05, 3.63) is 67.8 Å². The Labute approximate surface area is 211 Å². The Morgan fingerprint density at radius 1 is 0.946 bits per heavy atom. The van der Waals surface area contributed by atoms with Gasteiger partial charge in [0.05, 0.1) is 47.5 Å². The fourth-order valence-corrected chi connectivity index (χ4v) is 5.19. The SMILES string of the molecule is O=C(Nc1cncc(-c2cnc3n[nH]c(-c4cc5c(-c6ccoc6)cncc5[nH]4)c3c2)c1)C1CCCC1. The molecule has 37 heavy (non-hydrogen) atoms. The van der Waals surface area contributed by atoms with Crippen molar-refractivity contribution in [2.45, 2.75) is 25.7 Å². The highest BCUT2D eigenvalue weighted by molar-refractivity contribution is 6.00. The Kier molecular flexibility index (Phi) is 5.05. The van der Waals surface area contributed by atoms with Gasteiger partial charge in [-0.1, -0.05) is 12.8 Å². The number of furan rings is 1. The summed E-state index contributed by atoms with van der Waals surface area (Å²) in [4.78, 5) is 29.4. The van der Waals surface area contributed by atoms with Crippen LogP contribution in [0.15, 0.2) is 72.2 Å². The fraction of sp³-hybridized carbons (Fsp3) is 0.179. The second-order valence-electron chi connectivity index (χ2n) is 9.47. The molecule has 6 aromatic rings. The predicted octanol–water partition coefficient (Wildman–Crippen LogP) is 5.95. The van der Waals surface area contributed by atoms with E-state index in [1.54, 1.807) is 31.1 Å². The Bertz CT molecular complexity index is 1740. The van der Waals surface area contributed by atoms with Crippen molar-refractivity contribution in [3.63, 3.8) is 0 Å². The fourth-order valence-electron chi connectivity index (χ4n) is 5.19. The predicted molar refractivity (Wildman–Crippen MR) is 140 cm³/mol. The van der Waals surface area contributed by atoms with Crippen molar-refractivity contribution in [2.75, 3.05) is 5.32 Å². The minimum absolute atomic E-state index is 0.0743. The van der Waals surface area contributed by atoms with Gasteiger partial charge in [-0.2, -0.15) is 5.10 Å². The summed E-state index contributed by atoms with van der Waals surface area (Å²) in [6.07, 6.45) is 16.4. The molecule has 6 aromatic heterocycles. The number of nitrogens with one attached hydrogen (secondary N) is 3. The molecule has 6 heterocycles. The Morgan fingerprint density at radius 2 is 1.81 bits per heavy atom. The van der Waals surface area contributed by atoms with Crippen LogP contribution in [0.5, 0.6) is 0 Å². The molecule has 1 aliphatic rings. The number of aromatic amines is 2. The van der Waals surface area contributed by atoms with Gasteiger partial charge >= 0.3 is 0 Å². The molecule has 0 bridgehead atoms. The first-order valence-electron chi connectivity index (χ1n) is 12.3. The van der Waals surface area contributed by atoms with E-state index in [4.69, 9.17) is 4.42 Å². The molecular weight excluding hydrogens is 466 g/mol. The second-order valence-corrected chi connectivity index (χ2v) is 9.47. The maximum Gasteiger partial charge on any atom is 0.227 e. The van der Waals surface area contributed by atoms with Crippen molar-refractivity contribution >= 4 is 33.5 Å². The van der Waals surface area contributed by atoms with Crippen LogP contribution >= 0.6 is 0 Å². The average Bonchev–Trinajstić information content (AvgIpc) is 3.74. The molecule has 9 nitrogen and oxygen atoms in total. The van der Waals surface area contributed by atoms with Crippen LogP contribution in [0.2, 0.25) is 0 Å². The van der Waals surface area contributed by atoms with E-state index in [-0.39, 0.29) is 11.8 Å². The molecule has 182 valence electrons. The number of carbonyl (C=O) groups excluding carboxylic acids is 1. The molecule has 0 spiro atoms. The third kappa shape index (κ3) is 3.85. The van der Waals surface area contributed by atoms with Crippen LogP contribution in [0, 0.1) is 5.92 Å². The van der Waals surface area contributed by atoms with Gasteiger partial charge in [-0.25, -0.2) is 4.98 Å². The van der Waals surface area contributed by atoms with E-state index in [0.717, 1.165) is 75.6 Å². The summed E-state index contributed by atoms with van der Waals surface area (Å²) in [7, 11) is 0. The van der Waals surface area contributed by atoms with Crippen LogP contribution in [0.4, 0.5) is 5.69 Å². The van der Waals surface area contributed by atoms with E-state index >= 15 is 0 Å². The Morgan fingerprint density at radius 3 is 2.68 bits per heavy atom. The standard InChI is InChI=1S/C28H23N7O2/c36-28(16-3-1-2-4-16)32-20-7-18(10-29-12-20)19-8-22-26(34-35-27(22)31-11-19)24-9-21-23(17-5-6-37-15-17)13-30-14-25(21)33-24/h5-16,33H,1-4H2,(H,32,36)(H,31,34,35). The molecular formula is C28H23N7O2. The van der Waals surface area contributed by atoms with Gasteiger partial charge in [0.2, 0.25) is 5.91 Å². The van der Waals surface area contributed by atoms with Crippen molar-refractivity contribution in [3.8, 4) is 33.6 Å². The number of amides is 1. The highest BCUT2D eigenvalue weighted by Gasteiger charge is 2.23. The summed E-state index contributed by atoms with van der Waals surface area (Å²) in [6.45, 7) is 0. The lowest BCUT2D eigenvalue weighted by Gasteiger charge is -2.11. The minimum atomic E-state index is 0.0743. The zero-order valence-electron chi connectivity index (χ0n) is 19.9. The normalized spacial score (nSPS) is 14.1. The van der Waals surface area contributed by atoms with Crippen molar-refractivity contribution < 1.29 is 9.21 Å². The van der Waals surface area contributed by atoms with Crippen LogP contribution in [-0.2, 0) is 4.79 Å². The monoisotopic (exact) mass is 489 g/mol. The number of H-pyrrole nitrogens is 2. The van der Waals surface area contributed by atoms with Crippen LogP contribution in [0.1, 0.15) is 25.7 Å². The molecule has 0 atom stereocenters. The Hall–Kier alpha value is -4.79. The first-order chi connectivity index (χ1) is 18.2. The summed E-state index contributed by atoms with van der Waals surface area (Å²) in [6, 6.07) is 7.98. The first kappa shape index (κ1) is 21.5. The molecule has 0 radical (unpaired) electrons. The third-order valence-corrected chi connectivity index (χ3v) is 7.12. The molecule has 1 saturated carbocycles. The lowest BCUT2D eigenvalue weighted by atomic mass is 10.1. The van der Waals surface area contributed by atoms with Crippen LogP contribution in [0.3, 0.4) is 0 Å². The maximum absolute atomic E-state index is 12.6. The molecule has 1 fully saturated rings. The summed E-state index contributed by atoms with van der Waals surface area (Å²) in [5.74, 6) is 0.168. The first-order valence-corrected chi connectivity index (χ1v) is 12.3. The van der Waals surface area contributed by atoms with E-state index in [1.165, 1.54) is 0 Å². The van der Waals surface area contributed by atoms with Gasteiger partial charge in [-0.05, 0) is 37.1 Å². The second kappa shape index (κ2) is 8.70. The van der Waals surface area contributed by atoms with Gasteiger partial charge in [0.1, 0.15) is 0 Å². The lowest BCUT2D eigenvalue weighted by Crippen LogP contribution is -2.20. The zero-order chi connectivity index (χ0) is 24.8. The summed E-state index contributed by atoms with van der Waals surface area (Å²) in [5, 5.41) is 12.5. The van der Waals surface area contributed by atoms with Crippen molar-refractivity contribution in [1.82, 2.24) is 30.1 Å². The topological polar surface area (TPSA) is 125 Å². The molecule has 7 rings (SSSR count). The van der Waals surface area contributed by atoms with Gasteiger partial charge in [-0.3, -0.25) is 19.9 Å². The smallest absolute Gasteiger partial charge is 0.227 e. The molecule has 1 aliphatic carbocycles. The molecule has 3 N–H and O–H groups in total. The number of nitrogens with zero attached hydrogens (tertiary/aromatic N) is 4. The quantitative estimate of drug-likeness (QED) is 0.275. The van der Waals surface area contributed by atoms with Crippen LogP contribution in [-0.4, -0.2) is 36.0 Å². The number of aromatic nitrogens is 6. The van der Waals surface area contributed by atoms with Crippen LogP contribution < -0.4 is 5.32 Å². The number of carbonyl (C=O) groups is 1. The number of pyridine rings is 3. The summed E-state index contributed by atoms with van der Waals surface area (Å²) < 4.78 is 5.27. The molecule has 0 aliphatic heterocycles. The number of hydrogen-bond donors (Lipinski definition) is 3. The molecule has 0 saturated heterocycles. The van der Waals surface area contributed by atoms with Crippen LogP contribution in [0.25, 0.3) is 55.6 Å². The zero-order valence-corrected chi connectivity index (χ0v) is 19.9. The van der Waals surface area contributed by atoms with Crippen molar-refractivity contribution in [1.29, 1.82) is 0 Å². The van der Waals surface area contributed by atoms with E-state index < -0.39 is 0 Å². The minimum Gasteiger partial charge on any atom is -0.472 e. The average molecular weight is 490 g/mol. The highest BCUT2D eigenvalue weighted by Crippen LogP contribution is 2.34. The van der Waals surface area contributed by atoms with E-state index in [0.29, 0.717) is 11.3 Å². The summed E-state index contributed by atoms with van der Waals surface area (Å²) >= 11 is 0. The third-order valence-electron chi connectivity index (χ3n) is 7.12. The molecule has 9 heteroatoms. The number of fused-ring (bicyclic) bond motifs is 2. The number of anilines is 1. The number of rotatable bonds is 5. The Balaban J connectivity index is 1.25. The molecule has 0 unspecified atom stereocenters. The van der Waals surface area contributed by atoms with Crippen molar-refractivity contribution in [2.24, 2.45) is 5.92 Å².